The molecule has 0 spiro atoms. The molecule has 0 bridgehead atoms. The van der Waals surface area contributed by atoms with Crippen LogP contribution in [0.2, 0.25) is 0 Å². The van der Waals surface area contributed by atoms with Crippen molar-refractivity contribution < 1.29 is 4.79 Å². The molecule has 1 amide bonds. The zero-order chi connectivity index (χ0) is 20.2. The number of H-pyrrole nitrogens is 2. The zero-order valence-corrected chi connectivity index (χ0v) is 15.4. The Morgan fingerprint density at radius 2 is 1.69 bits per heavy atom. The summed E-state index contributed by atoms with van der Waals surface area (Å²) >= 11 is 0. The maximum absolute atomic E-state index is 12.7. The van der Waals surface area contributed by atoms with Crippen molar-refractivity contribution in [1.29, 1.82) is 0 Å². The minimum absolute atomic E-state index is 0.156. The van der Waals surface area contributed by atoms with Gasteiger partial charge in [-0.15, -0.1) is 0 Å². The molecule has 5 N–H and O–H groups in total. The smallest absolute Gasteiger partial charge is 0.278 e. The van der Waals surface area contributed by atoms with E-state index in [1.54, 1.807) is 24.3 Å². The van der Waals surface area contributed by atoms with E-state index in [0.717, 1.165) is 5.56 Å². The van der Waals surface area contributed by atoms with Gasteiger partial charge in [-0.25, -0.2) is 9.99 Å². The number of hydrogen-bond acceptors (Lipinski definition) is 6. The number of amides is 1. The standard InChI is InChI=1S/C20H19N7O2/c21-11-15-22-16-17(23-15)24-20(25-19(16)29)27(12-13-7-3-1-4-8-13)26-18(28)14-9-5-2-6-10-14/h1-10H,11-12,21H2,(H,26,28)(H2,22,23,24,25,29). The number of hydrazine groups is 1. The van der Waals surface area contributed by atoms with Crippen LogP contribution >= 0.6 is 0 Å². The number of nitrogens with two attached hydrogens (primary N) is 1. The van der Waals surface area contributed by atoms with E-state index in [2.05, 4.69) is 25.4 Å². The van der Waals surface area contributed by atoms with Gasteiger partial charge in [0.05, 0.1) is 13.1 Å². The van der Waals surface area contributed by atoms with Crippen molar-refractivity contribution in [3.63, 3.8) is 0 Å². The van der Waals surface area contributed by atoms with Gasteiger partial charge in [0, 0.05) is 5.56 Å². The van der Waals surface area contributed by atoms with Gasteiger partial charge in [0.15, 0.2) is 11.2 Å². The van der Waals surface area contributed by atoms with Crippen LogP contribution in [0.1, 0.15) is 21.7 Å². The van der Waals surface area contributed by atoms with E-state index in [1.165, 1.54) is 5.01 Å². The Hall–Kier alpha value is -3.98. The molecule has 4 aromatic rings. The van der Waals surface area contributed by atoms with Crippen molar-refractivity contribution in [2.75, 3.05) is 5.01 Å². The number of carbonyl (C=O) groups excluding carboxylic acids is 1. The fourth-order valence-corrected chi connectivity index (χ4v) is 2.88. The summed E-state index contributed by atoms with van der Waals surface area (Å²) in [6, 6.07) is 18.3. The number of nitrogens with one attached hydrogen (secondary N) is 3. The normalized spacial score (nSPS) is 10.8. The predicted molar refractivity (Wildman–Crippen MR) is 109 cm³/mol. The van der Waals surface area contributed by atoms with E-state index in [-0.39, 0.29) is 29.6 Å². The van der Waals surface area contributed by atoms with Crippen LogP contribution in [-0.2, 0) is 13.1 Å². The topological polar surface area (TPSA) is 133 Å². The molecular weight excluding hydrogens is 370 g/mol. The predicted octanol–water partition coefficient (Wildman–Crippen LogP) is 1.46. The Morgan fingerprint density at radius 1 is 1.00 bits per heavy atom. The number of imidazole rings is 1. The molecule has 146 valence electrons. The lowest BCUT2D eigenvalue weighted by Gasteiger charge is -2.23. The first-order chi connectivity index (χ1) is 14.1. The largest absolute Gasteiger partial charge is 0.335 e. The zero-order valence-electron chi connectivity index (χ0n) is 15.4. The van der Waals surface area contributed by atoms with E-state index in [1.807, 2.05) is 36.4 Å². The number of rotatable bonds is 6. The molecule has 0 radical (unpaired) electrons. The molecule has 0 aliphatic heterocycles. The molecule has 0 atom stereocenters. The van der Waals surface area contributed by atoms with Crippen LogP contribution in [0.25, 0.3) is 11.2 Å². The summed E-state index contributed by atoms with van der Waals surface area (Å²) in [5, 5.41) is 1.49. The number of anilines is 1. The second kappa shape index (κ2) is 7.95. The SMILES string of the molecule is NCc1nc2nc(N(Cc3ccccc3)NC(=O)c3ccccc3)[nH]c(=O)c2[nH]1. The first kappa shape index (κ1) is 18.4. The van der Waals surface area contributed by atoms with Gasteiger partial charge in [-0.1, -0.05) is 48.5 Å². The molecule has 2 aromatic heterocycles. The van der Waals surface area contributed by atoms with Crippen LogP contribution in [0.4, 0.5) is 5.95 Å². The van der Waals surface area contributed by atoms with E-state index in [0.29, 0.717) is 17.9 Å². The molecule has 29 heavy (non-hydrogen) atoms. The van der Waals surface area contributed by atoms with Crippen molar-refractivity contribution in [1.82, 2.24) is 25.4 Å². The minimum atomic E-state index is -0.399. The third-order valence-electron chi connectivity index (χ3n) is 4.30. The van der Waals surface area contributed by atoms with Crippen LogP contribution in [0.3, 0.4) is 0 Å². The van der Waals surface area contributed by atoms with Crippen LogP contribution in [0, 0.1) is 0 Å². The molecule has 0 aliphatic carbocycles. The average molecular weight is 389 g/mol. The molecule has 0 aliphatic rings. The van der Waals surface area contributed by atoms with Crippen molar-refractivity contribution in [2.24, 2.45) is 5.73 Å². The lowest BCUT2D eigenvalue weighted by atomic mass is 10.2. The summed E-state index contributed by atoms with van der Waals surface area (Å²) < 4.78 is 0. The number of nitrogens with zero attached hydrogens (tertiary/aromatic N) is 3. The van der Waals surface area contributed by atoms with Crippen molar-refractivity contribution in [3.8, 4) is 0 Å². The fraction of sp³-hybridized carbons (Fsp3) is 0.100. The monoisotopic (exact) mass is 389 g/mol. The van der Waals surface area contributed by atoms with Crippen LogP contribution in [0.5, 0.6) is 0 Å². The molecule has 2 aromatic carbocycles. The summed E-state index contributed by atoms with van der Waals surface area (Å²) in [5.41, 5.74) is 9.89. The van der Waals surface area contributed by atoms with Gasteiger partial charge in [-0.3, -0.25) is 20.0 Å². The number of hydrogen-bond donors (Lipinski definition) is 4. The summed E-state index contributed by atoms with van der Waals surface area (Å²) in [4.78, 5) is 39.4. The number of benzene rings is 2. The van der Waals surface area contributed by atoms with E-state index < -0.39 is 5.56 Å². The van der Waals surface area contributed by atoms with Gasteiger partial charge < -0.3 is 10.7 Å². The number of carbonyl (C=O) groups is 1. The van der Waals surface area contributed by atoms with E-state index in [9.17, 15) is 9.59 Å². The minimum Gasteiger partial charge on any atom is -0.335 e. The molecule has 2 heterocycles. The molecule has 0 saturated carbocycles. The first-order valence-electron chi connectivity index (χ1n) is 9.00. The third-order valence-corrected chi connectivity index (χ3v) is 4.30. The summed E-state index contributed by atoms with van der Waals surface area (Å²) in [7, 11) is 0. The molecule has 0 fully saturated rings. The van der Waals surface area contributed by atoms with Crippen molar-refractivity contribution >= 4 is 23.0 Å². The second-order valence-corrected chi connectivity index (χ2v) is 6.35. The Balaban J connectivity index is 1.72. The maximum Gasteiger partial charge on any atom is 0.278 e. The van der Waals surface area contributed by atoms with Gasteiger partial charge in [0.2, 0.25) is 5.95 Å². The molecule has 9 nitrogen and oxygen atoms in total. The van der Waals surface area contributed by atoms with Gasteiger partial charge >= 0.3 is 0 Å². The van der Waals surface area contributed by atoms with E-state index in [4.69, 9.17) is 5.73 Å². The highest BCUT2D eigenvalue weighted by Gasteiger charge is 2.17. The lowest BCUT2D eigenvalue weighted by molar-refractivity contribution is 0.0947. The van der Waals surface area contributed by atoms with Gasteiger partial charge in [-0.2, -0.15) is 4.98 Å². The number of aromatic amines is 2. The highest BCUT2D eigenvalue weighted by atomic mass is 16.2. The van der Waals surface area contributed by atoms with Crippen LogP contribution < -0.4 is 21.7 Å². The number of fused-ring (bicyclic) bond motifs is 1. The molecule has 0 saturated heterocycles. The fourth-order valence-electron chi connectivity index (χ4n) is 2.88. The second-order valence-electron chi connectivity index (χ2n) is 6.35. The Labute approximate surface area is 165 Å². The molecule has 0 unspecified atom stereocenters. The molecular formula is C20H19N7O2. The summed E-state index contributed by atoms with van der Waals surface area (Å²) in [5.74, 6) is 0.303. The van der Waals surface area contributed by atoms with Crippen LogP contribution in [0.15, 0.2) is 65.5 Å². The van der Waals surface area contributed by atoms with Gasteiger partial charge in [0.25, 0.3) is 11.5 Å². The van der Waals surface area contributed by atoms with Gasteiger partial charge in [-0.05, 0) is 17.7 Å². The van der Waals surface area contributed by atoms with Crippen LogP contribution in [-0.4, -0.2) is 25.8 Å². The quantitative estimate of drug-likeness (QED) is 0.369. The molecule has 9 heteroatoms. The summed E-state index contributed by atoms with van der Waals surface area (Å²) in [6.07, 6.45) is 0. The summed E-state index contributed by atoms with van der Waals surface area (Å²) in [6.45, 7) is 0.450. The number of aromatic nitrogens is 4. The maximum atomic E-state index is 12.7. The Bertz CT molecular complexity index is 1190. The Kier molecular flexibility index (Phi) is 5.04. The van der Waals surface area contributed by atoms with Crippen molar-refractivity contribution in [2.45, 2.75) is 13.1 Å². The Morgan fingerprint density at radius 3 is 2.38 bits per heavy atom. The average Bonchev–Trinajstić information content (AvgIpc) is 3.18. The third kappa shape index (κ3) is 3.99. The first-order valence-corrected chi connectivity index (χ1v) is 9.00. The van der Waals surface area contributed by atoms with Crippen molar-refractivity contribution in [3.05, 3.63) is 88.0 Å². The highest BCUT2D eigenvalue weighted by molar-refractivity contribution is 5.94. The molecule has 4 rings (SSSR count). The van der Waals surface area contributed by atoms with E-state index >= 15 is 0 Å². The lowest BCUT2D eigenvalue weighted by Crippen LogP contribution is -2.43. The van der Waals surface area contributed by atoms with Gasteiger partial charge in [0.1, 0.15) is 5.82 Å². The highest BCUT2D eigenvalue weighted by Crippen LogP contribution is 2.13.